The molecule has 0 saturated heterocycles. The Kier molecular flexibility index (Phi) is 10.2. The molecule has 0 amide bonds. The quantitative estimate of drug-likeness (QED) is 0.112. The molecule has 0 aliphatic carbocycles. The number of phosphoric acid groups is 3. The molecule has 5 atom stereocenters. The molecule has 186 valence electrons. The lowest BCUT2D eigenvalue weighted by molar-refractivity contribution is -0.189. The van der Waals surface area contributed by atoms with Gasteiger partial charge in [0.1, 0.15) is 5.60 Å². The van der Waals surface area contributed by atoms with Gasteiger partial charge in [0, 0.05) is 12.3 Å². The molecule has 21 heteroatoms. The lowest BCUT2D eigenvalue weighted by Crippen LogP contribution is -2.52. The number of aromatic nitrogens is 2. The zero-order valence-corrected chi connectivity index (χ0v) is 19.4. The molecule has 0 aliphatic heterocycles. The number of aliphatic hydroxyl groups excluding tert-OH is 2. The zero-order chi connectivity index (χ0) is 25.0. The van der Waals surface area contributed by atoms with E-state index < -0.39 is 71.7 Å². The van der Waals surface area contributed by atoms with E-state index >= 15 is 0 Å². The normalized spacial score (nSPS) is 20.0. The van der Waals surface area contributed by atoms with Crippen molar-refractivity contribution in [1.29, 1.82) is 0 Å². The van der Waals surface area contributed by atoms with Crippen molar-refractivity contribution in [2.45, 2.75) is 24.9 Å². The molecule has 0 aromatic carbocycles. The molecular weight excluding hydrogens is 528 g/mol. The fraction of sp³-hybridized carbons (Fsp3) is 0.636. The molecule has 0 aliphatic rings. The van der Waals surface area contributed by atoms with Crippen LogP contribution in [0.15, 0.2) is 21.9 Å². The Labute approximate surface area is 183 Å². The number of ether oxygens (including phenoxy) is 1. The molecule has 1 heterocycles. The van der Waals surface area contributed by atoms with Crippen molar-refractivity contribution in [1.82, 2.24) is 9.55 Å². The molecule has 1 rings (SSSR count). The van der Waals surface area contributed by atoms with E-state index in [1.165, 1.54) is 0 Å². The number of aliphatic hydroxyl groups is 2. The lowest BCUT2D eigenvalue weighted by atomic mass is 10.0. The van der Waals surface area contributed by atoms with Gasteiger partial charge in [-0.3, -0.25) is 18.9 Å². The number of halogens is 1. The summed E-state index contributed by atoms with van der Waals surface area (Å²) in [5, 5.41) is 19.7. The first-order valence-corrected chi connectivity index (χ1v) is 13.1. The van der Waals surface area contributed by atoms with Crippen LogP contribution in [0.3, 0.4) is 0 Å². The molecule has 0 spiro atoms. The summed E-state index contributed by atoms with van der Waals surface area (Å²) in [5.74, 6) is -0.713. The largest absolute Gasteiger partial charge is 0.490 e. The summed E-state index contributed by atoms with van der Waals surface area (Å²) < 4.78 is 51.7. The molecule has 1 aromatic heterocycles. The van der Waals surface area contributed by atoms with Gasteiger partial charge in [-0.05, 0) is 6.92 Å². The SMILES string of the molecule is C[C@H](O)C(CCl)(COP(=O)(O)OP(=O)(O)OP(=O)(O)O)OC(CO)n1ccc(=O)[nH]c1=O. The first kappa shape index (κ1) is 29.3. The highest BCUT2D eigenvalue weighted by Gasteiger charge is 2.45. The number of nitrogens with zero attached hydrogens (tertiary/aromatic N) is 1. The Hall–Kier alpha value is -0.740. The van der Waals surface area contributed by atoms with Gasteiger partial charge >= 0.3 is 29.2 Å². The Morgan fingerprint density at radius 1 is 1.16 bits per heavy atom. The fourth-order valence-corrected chi connectivity index (χ4v) is 5.48. The minimum atomic E-state index is -5.80. The number of alkyl halides is 1. The summed E-state index contributed by atoms with van der Waals surface area (Å²) in [5.41, 5.74) is -3.97. The molecule has 0 radical (unpaired) electrons. The van der Waals surface area contributed by atoms with Crippen molar-refractivity contribution in [2.24, 2.45) is 0 Å². The van der Waals surface area contributed by atoms with E-state index in [1.54, 1.807) is 0 Å². The van der Waals surface area contributed by atoms with E-state index in [2.05, 4.69) is 13.1 Å². The zero-order valence-electron chi connectivity index (χ0n) is 16.0. The number of phosphoric ester groups is 1. The monoisotopic (exact) mass is 548 g/mol. The van der Waals surface area contributed by atoms with Crippen LogP contribution in [0, 0.1) is 0 Å². The molecule has 4 unspecified atom stereocenters. The van der Waals surface area contributed by atoms with Gasteiger partial charge in [0.05, 0.1) is 25.2 Å². The third-order valence-electron chi connectivity index (χ3n) is 3.56. The molecule has 32 heavy (non-hydrogen) atoms. The number of aromatic amines is 1. The summed E-state index contributed by atoms with van der Waals surface area (Å²) in [7, 11) is -17.0. The van der Waals surface area contributed by atoms with Crippen LogP contribution in [0.1, 0.15) is 13.2 Å². The summed E-state index contributed by atoms with van der Waals surface area (Å²) in [6, 6.07) is 0.907. The minimum Gasteiger partial charge on any atom is -0.392 e. The molecule has 17 nitrogen and oxygen atoms in total. The predicted octanol–water partition coefficient (Wildman–Crippen LogP) is -1.25. The van der Waals surface area contributed by atoms with E-state index in [4.69, 9.17) is 31.0 Å². The van der Waals surface area contributed by atoms with Crippen LogP contribution in [-0.4, -0.2) is 70.1 Å². The van der Waals surface area contributed by atoms with Gasteiger partial charge in [0.25, 0.3) is 5.56 Å². The van der Waals surface area contributed by atoms with Gasteiger partial charge < -0.3 is 34.5 Å². The van der Waals surface area contributed by atoms with Crippen molar-refractivity contribution in [3.8, 4) is 0 Å². The second kappa shape index (κ2) is 11.1. The van der Waals surface area contributed by atoms with Gasteiger partial charge in [0.15, 0.2) is 6.23 Å². The third kappa shape index (κ3) is 8.89. The van der Waals surface area contributed by atoms with Crippen LogP contribution in [0.5, 0.6) is 0 Å². The minimum absolute atomic E-state index is 0.690. The number of rotatable bonds is 13. The van der Waals surface area contributed by atoms with E-state index in [9.17, 15) is 38.4 Å². The van der Waals surface area contributed by atoms with Gasteiger partial charge in [0.2, 0.25) is 0 Å². The molecule has 0 fully saturated rings. The summed E-state index contributed by atoms with van der Waals surface area (Å²) >= 11 is 5.79. The Morgan fingerprint density at radius 2 is 1.75 bits per heavy atom. The highest BCUT2D eigenvalue weighted by molar-refractivity contribution is 7.66. The second-order valence-electron chi connectivity index (χ2n) is 6.01. The van der Waals surface area contributed by atoms with Crippen molar-refractivity contribution >= 4 is 35.1 Å². The highest BCUT2D eigenvalue weighted by atomic mass is 35.5. The third-order valence-corrected chi connectivity index (χ3v) is 7.80. The van der Waals surface area contributed by atoms with Crippen molar-refractivity contribution < 1.29 is 61.4 Å². The van der Waals surface area contributed by atoms with Crippen LogP contribution >= 0.6 is 35.1 Å². The van der Waals surface area contributed by atoms with Gasteiger partial charge in [-0.2, -0.15) is 8.62 Å². The van der Waals surface area contributed by atoms with Gasteiger partial charge in [-0.15, -0.1) is 11.6 Å². The van der Waals surface area contributed by atoms with Crippen molar-refractivity contribution in [3.63, 3.8) is 0 Å². The van der Waals surface area contributed by atoms with Crippen LogP contribution in [-0.2, 0) is 31.6 Å². The molecule has 0 bridgehead atoms. The summed E-state index contributed by atoms with van der Waals surface area (Å²) in [6.07, 6.45) is -2.32. The molecule has 0 saturated carbocycles. The lowest BCUT2D eigenvalue weighted by Gasteiger charge is -2.37. The van der Waals surface area contributed by atoms with E-state index in [-0.39, 0.29) is 0 Å². The van der Waals surface area contributed by atoms with Gasteiger partial charge in [-0.25, -0.2) is 18.5 Å². The number of H-pyrrole nitrogens is 1. The number of nitrogens with one attached hydrogen (secondary N) is 1. The highest BCUT2D eigenvalue weighted by Crippen LogP contribution is 2.66. The van der Waals surface area contributed by atoms with Crippen LogP contribution in [0.25, 0.3) is 0 Å². The fourth-order valence-electron chi connectivity index (χ4n) is 2.04. The maximum atomic E-state index is 11.9. The Bertz CT molecular complexity index is 1040. The Balaban J connectivity index is 3.12. The van der Waals surface area contributed by atoms with Crippen LogP contribution in [0.2, 0.25) is 0 Å². The van der Waals surface area contributed by atoms with Crippen molar-refractivity contribution in [3.05, 3.63) is 33.1 Å². The topological polar surface area (TPSA) is 264 Å². The maximum absolute atomic E-state index is 11.9. The molecular formula is C11H20ClN2O15P3. The summed E-state index contributed by atoms with van der Waals surface area (Å²) in [4.78, 5) is 60.8. The average molecular weight is 549 g/mol. The summed E-state index contributed by atoms with van der Waals surface area (Å²) in [6.45, 7) is -1.02. The first-order chi connectivity index (χ1) is 14.5. The van der Waals surface area contributed by atoms with E-state index in [0.29, 0.717) is 4.57 Å². The molecule has 1 aromatic rings. The standard InChI is InChI=1S/C11H20ClN2O15P3/c1-7(16)11(5-12,27-9(4-15)14-3-2-8(17)13-10(14)18)6-26-31(22,23)29-32(24,25)28-30(19,20)21/h2-3,7,9,15-16H,4-6H2,1H3,(H,22,23)(H,24,25)(H,13,17,18)(H2,19,20,21)/t7-,9?,11?/m0/s1. The van der Waals surface area contributed by atoms with Crippen LogP contribution < -0.4 is 11.2 Å². The maximum Gasteiger partial charge on any atom is 0.490 e. The number of hydrogen-bond donors (Lipinski definition) is 7. The first-order valence-electron chi connectivity index (χ1n) is 8.08. The van der Waals surface area contributed by atoms with E-state index in [0.717, 1.165) is 19.2 Å². The van der Waals surface area contributed by atoms with Crippen molar-refractivity contribution in [2.75, 3.05) is 19.1 Å². The van der Waals surface area contributed by atoms with E-state index in [1.807, 2.05) is 4.98 Å². The van der Waals surface area contributed by atoms with Gasteiger partial charge in [-0.1, -0.05) is 0 Å². The predicted molar refractivity (Wildman–Crippen MR) is 103 cm³/mol. The molecule has 7 N–H and O–H groups in total. The smallest absolute Gasteiger partial charge is 0.392 e. The average Bonchev–Trinajstić information content (AvgIpc) is 2.59. The second-order valence-corrected chi connectivity index (χ2v) is 10.7. The van der Waals surface area contributed by atoms with Crippen LogP contribution in [0.4, 0.5) is 0 Å². The number of hydrogen-bond acceptors (Lipinski definition) is 11. The Morgan fingerprint density at radius 3 is 2.19 bits per heavy atom.